The molecule has 5 heteroatoms. The molecule has 0 aromatic heterocycles. The van der Waals surface area contributed by atoms with E-state index in [1.165, 1.54) is 0 Å². The molecule has 0 aliphatic heterocycles. The van der Waals surface area contributed by atoms with Gasteiger partial charge < -0.3 is 0 Å². The first kappa shape index (κ1) is 9.48. The lowest BCUT2D eigenvalue weighted by atomic mass is 9.99. The second kappa shape index (κ2) is 3.41. The maximum Gasteiger partial charge on any atom is 0.414 e. The van der Waals surface area contributed by atoms with Gasteiger partial charge in [0.05, 0.1) is 0 Å². The molecule has 1 atom stereocenters. The van der Waals surface area contributed by atoms with Crippen LogP contribution in [-0.4, -0.2) is 12.2 Å². The molecule has 1 aliphatic carbocycles. The fourth-order valence-electron chi connectivity index (χ4n) is 1.69. The predicted octanol–water partition coefficient (Wildman–Crippen LogP) is 2.87. The predicted molar refractivity (Wildman–Crippen MR) is 37.6 cm³/mol. The molecule has 1 aliphatic rings. The van der Waals surface area contributed by atoms with Crippen molar-refractivity contribution in [3.05, 3.63) is 4.91 Å². The molecule has 0 bridgehead atoms. The summed E-state index contributed by atoms with van der Waals surface area (Å²) in [6.07, 6.45) is -1.91. The Hall–Kier alpha value is -0.610. The van der Waals surface area contributed by atoms with Crippen molar-refractivity contribution in [1.82, 2.24) is 0 Å². The van der Waals surface area contributed by atoms with E-state index in [0.29, 0.717) is 12.8 Å². The first-order valence-corrected chi connectivity index (χ1v) is 3.95. The van der Waals surface area contributed by atoms with E-state index in [0.717, 1.165) is 12.8 Å². The van der Waals surface area contributed by atoms with Crippen molar-refractivity contribution in [1.29, 1.82) is 0 Å². The number of hydrogen-bond donors (Lipinski definition) is 0. The van der Waals surface area contributed by atoms with Gasteiger partial charge in [-0.3, -0.25) is 0 Å². The minimum atomic E-state index is -4.45. The molecule has 2 nitrogen and oxygen atoms in total. The zero-order chi connectivity index (χ0) is 9.19. The first-order chi connectivity index (χ1) is 5.55. The molecular weight excluding hydrogens is 171 g/mol. The highest BCUT2D eigenvalue weighted by Crippen LogP contribution is 2.37. The summed E-state index contributed by atoms with van der Waals surface area (Å²) in [5.74, 6) is -0.567. The summed E-state index contributed by atoms with van der Waals surface area (Å²) >= 11 is 0. The summed E-state index contributed by atoms with van der Waals surface area (Å²) in [6, 6.07) is -1.97. The summed E-state index contributed by atoms with van der Waals surface area (Å²) in [4.78, 5) is 9.97. The van der Waals surface area contributed by atoms with Crippen molar-refractivity contribution >= 4 is 0 Å². The van der Waals surface area contributed by atoms with E-state index >= 15 is 0 Å². The Bertz CT molecular complexity index is 163. The standard InChI is InChI=1S/C7H10F3NO/c8-7(9,10)6(11-12)5-3-1-2-4-5/h5-6H,1-4H2. The number of hydrogen-bond acceptors (Lipinski definition) is 2. The van der Waals surface area contributed by atoms with Gasteiger partial charge in [-0.05, 0) is 18.8 Å². The summed E-state index contributed by atoms with van der Waals surface area (Å²) < 4.78 is 36.2. The smallest absolute Gasteiger partial charge is 0.168 e. The van der Waals surface area contributed by atoms with Gasteiger partial charge in [0.25, 0.3) is 0 Å². The van der Waals surface area contributed by atoms with Crippen LogP contribution in [0, 0.1) is 10.8 Å². The fraction of sp³-hybridized carbons (Fsp3) is 1.00. The Balaban J connectivity index is 2.60. The summed E-state index contributed by atoms with van der Waals surface area (Å²) in [7, 11) is 0. The molecule has 12 heavy (non-hydrogen) atoms. The van der Waals surface area contributed by atoms with E-state index in [2.05, 4.69) is 5.18 Å². The molecule has 0 aromatic carbocycles. The lowest BCUT2D eigenvalue weighted by Gasteiger charge is -2.18. The van der Waals surface area contributed by atoms with E-state index in [-0.39, 0.29) is 0 Å². The minimum absolute atomic E-state index is 0.482. The van der Waals surface area contributed by atoms with Gasteiger partial charge in [-0.25, -0.2) is 0 Å². The lowest BCUT2D eigenvalue weighted by molar-refractivity contribution is -0.158. The Labute approximate surface area is 68.1 Å². The maximum absolute atomic E-state index is 12.1. The van der Waals surface area contributed by atoms with Gasteiger partial charge in [-0.1, -0.05) is 18.0 Å². The normalized spacial score (nSPS) is 22.6. The Morgan fingerprint density at radius 3 is 2.08 bits per heavy atom. The summed E-state index contributed by atoms with van der Waals surface area (Å²) in [5, 5.41) is 2.17. The van der Waals surface area contributed by atoms with E-state index in [1.54, 1.807) is 0 Å². The van der Waals surface area contributed by atoms with E-state index in [9.17, 15) is 18.1 Å². The second-order valence-electron chi connectivity index (χ2n) is 3.14. The molecule has 0 heterocycles. The van der Waals surface area contributed by atoms with E-state index in [4.69, 9.17) is 0 Å². The highest BCUT2D eigenvalue weighted by atomic mass is 19.4. The monoisotopic (exact) mass is 181 g/mol. The first-order valence-electron chi connectivity index (χ1n) is 3.95. The van der Waals surface area contributed by atoms with Crippen LogP contribution < -0.4 is 0 Å². The minimum Gasteiger partial charge on any atom is -0.168 e. The van der Waals surface area contributed by atoms with Gasteiger partial charge in [0.15, 0.2) is 6.04 Å². The number of alkyl halides is 3. The van der Waals surface area contributed by atoms with Gasteiger partial charge in [-0.2, -0.15) is 18.1 Å². The van der Waals surface area contributed by atoms with Crippen LogP contribution in [0.25, 0.3) is 0 Å². The van der Waals surface area contributed by atoms with Crippen LogP contribution >= 0.6 is 0 Å². The summed E-state index contributed by atoms with van der Waals surface area (Å²) in [5.41, 5.74) is 0. The molecule has 1 saturated carbocycles. The third-order valence-corrected chi connectivity index (χ3v) is 2.30. The van der Waals surface area contributed by atoms with Gasteiger partial charge in [-0.15, -0.1) is 0 Å². The van der Waals surface area contributed by atoms with Crippen LogP contribution in [0.3, 0.4) is 0 Å². The van der Waals surface area contributed by atoms with Crippen LogP contribution in [0.15, 0.2) is 5.18 Å². The van der Waals surface area contributed by atoms with Crippen molar-refractivity contribution < 1.29 is 13.2 Å². The Morgan fingerprint density at radius 2 is 1.75 bits per heavy atom. The zero-order valence-electron chi connectivity index (χ0n) is 6.47. The Morgan fingerprint density at radius 1 is 1.25 bits per heavy atom. The third-order valence-electron chi connectivity index (χ3n) is 2.30. The van der Waals surface area contributed by atoms with Gasteiger partial charge in [0, 0.05) is 0 Å². The molecule has 0 aromatic rings. The SMILES string of the molecule is O=NC(C1CCCC1)C(F)(F)F. The average Bonchev–Trinajstić information content (AvgIpc) is 2.38. The topological polar surface area (TPSA) is 29.4 Å². The zero-order valence-corrected chi connectivity index (χ0v) is 6.47. The van der Waals surface area contributed by atoms with Crippen molar-refractivity contribution in [3.8, 4) is 0 Å². The van der Waals surface area contributed by atoms with Crippen molar-refractivity contribution in [3.63, 3.8) is 0 Å². The molecule has 70 valence electrons. The second-order valence-corrected chi connectivity index (χ2v) is 3.14. The molecule has 0 radical (unpaired) electrons. The van der Waals surface area contributed by atoms with Crippen LogP contribution in [0.5, 0.6) is 0 Å². The molecule has 0 saturated heterocycles. The third kappa shape index (κ3) is 1.95. The number of halogens is 3. The molecule has 1 unspecified atom stereocenters. The van der Waals surface area contributed by atoms with Crippen molar-refractivity contribution in [2.45, 2.75) is 37.9 Å². The van der Waals surface area contributed by atoms with Crippen molar-refractivity contribution in [2.24, 2.45) is 11.1 Å². The lowest BCUT2D eigenvalue weighted by Crippen LogP contribution is -2.32. The molecule has 0 N–H and O–H groups in total. The van der Waals surface area contributed by atoms with Crippen molar-refractivity contribution in [2.75, 3.05) is 0 Å². The van der Waals surface area contributed by atoms with Crippen LogP contribution in [0.4, 0.5) is 13.2 Å². The highest BCUT2D eigenvalue weighted by molar-refractivity contribution is 4.85. The van der Waals surface area contributed by atoms with Gasteiger partial charge in [0.2, 0.25) is 0 Å². The van der Waals surface area contributed by atoms with E-state index < -0.39 is 18.1 Å². The van der Waals surface area contributed by atoms with Crippen LogP contribution in [-0.2, 0) is 0 Å². The molecule has 0 amide bonds. The van der Waals surface area contributed by atoms with Crippen LogP contribution in [0.1, 0.15) is 25.7 Å². The molecular formula is C7H10F3NO. The quantitative estimate of drug-likeness (QED) is 0.602. The Kier molecular flexibility index (Phi) is 2.69. The number of nitrogens with zero attached hydrogens (tertiary/aromatic N) is 1. The fourth-order valence-corrected chi connectivity index (χ4v) is 1.69. The van der Waals surface area contributed by atoms with E-state index in [1.807, 2.05) is 0 Å². The summed E-state index contributed by atoms with van der Waals surface area (Å²) in [6.45, 7) is 0. The number of rotatable bonds is 2. The molecule has 1 fully saturated rings. The number of nitroso groups, excluding NO2 is 1. The molecule has 1 rings (SSSR count). The van der Waals surface area contributed by atoms with Crippen LogP contribution in [0.2, 0.25) is 0 Å². The average molecular weight is 181 g/mol. The molecule has 0 spiro atoms. The van der Waals surface area contributed by atoms with Gasteiger partial charge >= 0.3 is 6.18 Å². The maximum atomic E-state index is 12.1. The highest BCUT2D eigenvalue weighted by Gasteiger charge is 2.46. The largest absolute Gasteiger partial charge is 0.414 e. The van der Waals surface area contributed by atoms with Gasteiger partial charge in [0.1, 0.15) is 0 Å².